The lowest BCUT2D eigenvalue weighted by atomic mass is 10.2. The molecule has 2 nitrogen and oxygen atoms in total. The monoisotopic (exact) mass is 266 g/mol. The predicted octanol–water partition coefficient (Wildman–Crippen LogP) is 3.17. The summed E-state index contributed by atoms with van der Waals surface area (Å²) in [6, 6.07) is 9.27. The van der Waals surface area contributed by atoms with Gasteiger partial charge in [0.1, 0.15) is 5.75 Å². The van der Waals surface area contributed by atoms with Crippen molar-refractivity contribution >= 4 is 11.8 Å². The van der Waals surface area contributed by atoms with Crippen LogP contribution in [0.15, 0.2) is 24.3 Å². The molecule has 1 aromatic rings. The summed E-state index contributed by atoms with van der Waals surface area (Å²) >= 11 is 2.06. The van der Waals surface area contributed by atoms with E-state index in [1.807, 2.05) is 12.1 Å². The molecule has 1 heterocycles. The maximum atomic E-state index is 5.17. The highest BCUT2D eigenvalue weighted by atomic mass is 32.2. The Balaban J connectivity index is 1.78. The average molecular weight is 266 g/mol. The fraction of sp³-hybridized carbons (Fsp3) is 0.600. The van der Waals surface area contributed by atoms with Gasteiger partial charge in [-0.05, 0) is 17.7 Å². The van der Waals surface area contributed by atoms with Crippen molar-refractivity contribution in [3.05, 3.63) is 29.8 Å². The Morgan fingerprint density at radius 2 is 2.00 bits per heavy atom. The van der Waals surface area contributed by atoms with Gasteiger partial charge in [-0.1, -0.05) is 12.1 Å². The van der Waals surface area contributed by atoms with Gasteiger partial charge in [-0.3, -0.25) is 0 Å². The van der Waals surface area contributed by atoms with Crippen molar-refractivity contribution in [1.82, 2.24) is 0 Å². The minimum atomic E-state index is 0.841. The van der Waals surface area contributed by atoms with E-state index in [1.54, 1.807) is 7.11 Å². The molecule has 1 fully saturated rings. The Bertz CT molecular complexity index is 375. The fourth-order valence-electron chi connectivity index (χ4n) is 2.59. The summed E-state index contributed by atoms with van der Waals surface area (Å²) in [5.74, 6) is 3.33. The van der Waals surface area contributed by atoms with E-state index in [0.717, 1.165) is 17.5 Å². The molecule has 1 aromatic carbocycles. The third-order valence-corrected chi connectivity index (χ3v) is 5.16. The Hall–Kier alpha value is -0.670. The lowest BCUT2D eigenvalue weighted by Crippen LogP contribution is -2.45. The number of hydrogen-bond acceptors (Lipinski definition) is 2. The van der Waals surface area contributed by atoms with E-state index in [2.05, 4.69) is 38.0 Å². The normalized spacial score (nSPS) is 22.1. The minimum Gasteiger partial charge on any atom is -0.497 e. The highest BCUT2D eigenvalue weighted by molar-refractivity contribution is 7.98. The van der Waals surface area contributed by atoms with Crippen molar-refractivity contribution in [2.24, 2.45) is 0 Å². The molecule has 1 aliphatic rings. The molecule has 2 rings (SSSR count). The molecule has 1 aliphatic heterocycles. The molecule has 0 N–H and O–H groups in total. The molecule has 0 aliphatic carbocycles. The summed E-state index contributed by atoms with van der Waals surface area (Å²) in [5.41, 5.74) is 1.39. The van der Waals surface area contributed by atoms with Gasteiger partial charge in [-0.15, -0.1) is 0 Å². The van der Waals surface area contributed by atoms with E-state index < -0.39 is 0 Å². The van der Waals surface area contributed by atoms with Gasteiger partial charge in [0.25, 0.3) is 0 Å². The number of methoxy groups -OCH3 is 1. The van der Waals surface area contributed by atoms with Gasteiger partial charge in [-0.2, -0.15) is 11.8 Å². The molecule has 1 saturated heterocycles. The molecule has 0 saturated carbocycles. The molecule has 0 spiro atoms. The van der Waals surface area contributed by atoms with Crippen LogP contribution in [0.2, 0.25) is 0 Å². The second kappa shape index (κ2) is 5.98. The molecule has 0 amide bonds. The van der Waals surface area contributed by atoms with Crippen LogP contribution in [0, 0.1) is 0 Å². The van der Waals surface area contributed by atoms with Gasteiger partial charge in [0.05, 0.1) is 33.8 Å². The standard InChI is InChI=1S/C15H24NOS/c1-16(2)10-4-5-14(16)12-18-11-13-6-8-15(17-3)9-7-13/h6-9,14H,4-5,10-12H2,1-3H3/q+1/t14-/m0/s1. The summed E-state index contributed by atoms with van der Waals surface area (Å²) in [7, 11) is 6.45. The lowest BCUT2D eigenvalue weighted by Gasteiger charge is -2.31. The number of rotatable bonds is 5. The third-order valence-electron chi connectivity index (χ3n) is 4.00. The summed E-state index contributed by atoms with van der Waals surface area (Å²) in [6.45, 7) is 1.34. The molecule has 1 atom stereocenters. The Kier molecular flexibility index (Phi) is 4.57. The third kappa shape index (κ3) is 3.42. The number of benzene rings is 1. The Labute approximate surface area is 115 Å². The molecule has 0 aromatic heterocycles. The minimum absolute atomic E-state index is 0.841. The van der Waals surface area contributed by atoms with Crippen molar-refractivity contribution in [2.45, 2.75) is 24.6 Å². The Morgan fingerprint density at radius 3 is 2.56 bits per heavy atom. The van der Waals surface area contributed by atoms with Crippen LogP contribution in [-0.2, 0) is 5.75 Å². The number of thioether (sulfide) groups is 1. The van der Waals surface area contributed by atoms with E-state index in [9.17, 15) is 0 Å². The van der Waals surface area contributed by atoms with E-state index in [1.165, 1.54) is 35.2 Å². The molecule has 0 bridgehead atoms. The molecular formula is C15H24NOS+. The maximum Gasteiger partial charge on any atom is 0.118 e. The summed E-state index contributed by atoms with van der Waals surface area (Å²) < 4.78 is 6.38. The molecule has 0 radical (unpaired) electrons. The topological polar surface area (TPSA) is 9.23 Å². The summed E-state index contributed by atoms with van der Waals surface area (Å²) in [6.07, 6.45) is 2.78. The van der Waals surface area contributed by atoms with Gasteiger partial charge in [-0.25, -0.2) is 0 Å². The van der Waals surface area contributed by atoms with Gasteiger partial charge in [0.2, 0.25) is 0 Å². The smallest absolute Gasteiger partial charge is 0.118 e. The van der Waals surface area contributed by atoms with Crippen LogP contribution in [0.25, 0.3) is 0 Å². The van der Waals surface area contributed by atoms with Crippen molar-refractivity contribution in [3.8, 4) is 5.75 Å². The molecule has 18 heavy (non-hydrogen) atoms. The zero-order valence-electron chi connectivity index (χ0n) is 11.7. The van der Waals surface area contributed by atoms with E-state index in [4.69, 9.17) is 4.74 Å². The number of nitrogens with zero attached hydrogens (tertiary/aromatic N) is 1. The maximum absolute atomic E-state index is 5.17. The SMILES string of the molecule is COc1ccc(CSC[C@@H]2CCC[N+]2(C)C)cc1. The number of ether oxygens (including phenoxy) is 1. The molecule has 0 unspecified atom stereocenters. The first-order chi connectivity index (χ1) is 8.62. The lowest BCUT2D eigenvalue weighted by molar-refractivity contribution is -0.899. The highest BCUT2D eigenvalue weighted by Gasteiger charge is 2.33. The van der Waals surface area contributed by atoms with E-state index in [0.29, 0.717) is 0 Å². The van der Waals surface area contributed by atoms with Gasteiger partial charge >= 0.3 is 0 Å². The predicted molar refractivity (Wildman–Crippen MR) is 79.2 cm³/mol. The molecule has 100 valence electrons. The summed E-state index contributed by atoms with van der Waals surface area (Å²) in [4.78, 5) is 0. The van der Waals surface area contributed by atoms with Crippen LogP contribution in [0.5, 0.6) is 5.75 Å². The van der Waals surface area contributed by atoms with Crippen LogP contribution in [0.1, 0.15) is 18.4 Å². The van der Waals surface area contributed by atoms with Crippen molar-refractivity contribution < 1.29 is 9.22 Å². The van der Waals surface area contributed by atoms with Crippen LogP contribution >= 0.6 is 11.8 Å². The largest absolute Gasteiger partial charge is 0.497 e. The van der Waals surface area contributed by atoms with Crippen LogP contribution < -0.4 is 4.74 Å². The average Bonchev–Trinajstić information content (AvgIpc) is 2.70. The number of quaternary nitrogens is 1. The first-order valence-electron chi connectivity index (χ1n) is 6.65. The zero-order valence-corrected chi connectivity index (χ0v) is 12.5. The van der Waals surface area contributed by atoms with Gasteiger partial charge in [0.15, 0.2) is 0 Å². The summed E-state index contributed by atoms with van der Waals surface area (Å²) in [5, 5.41) is 0. The fourth-order valence-corrected chi connectivity index (χ4v) is 3.97. The molecule has 3 heteroatoms. The first-order valence-corrected chi connectivity index (χ1v) is 7.80. The van der Waals surface area contributed by atoms with E-state index >= 15 is 0 Å². The second-order valence-electron chi connectivity index (χ2n) is 5.66. The zero-order chi connectivity index (χ0) is 13.0. The quantitative estimate of drug-likeness (QED) is 0.757. The molecular weight excluding hydrogens is 242 g/mol. The van der Waals surface area contributed by atoms with Crippen molar-refractivity contribution in [2.75, 3.05) is 33.5 Å². The van der Waals surface area contributed by atoms with Gasteiger partial charge < -0.3 is 9.22 Å². The van der Waals surface area contributed by atoms with Crippen LogP contribution in [-0.4, -0.2) is 44.0 Å². The van der Waals surface area contributed by atoms with E-state index in [-0.39, 0.29) is 0 Å². The van der Waals surface area contributed by atoms with Gasteiger partial charge in [0, 0.05) is 24.3 Å². The Morgan fingerprint density at radius 1 is 1.28 bits per heavy atom. The highest BCUT2D eigenvalue weighted by Crippen LogP contribution is 2.26. The number of likely N-dealkylation sites (tertiary alicyclic amines) is 1. The van der Waals surface area contributed by atoms with Crippen molar-refractivity contribution in [1.29, 1.82) is 0 Å². The second-order valence-corrected chi connectivity index (χ2v) is 6.69. The van der Waals surface area contributed by atoms with Crippen molar-refractivity contribution in [3.63, 3.8) is 0 Å². The number of hydrogen-bond donors (Lipinski definition) is 0. The van der Waals surface area contributed by atoms with Crippen LogP contribution in [0.3, 0.4) is 0 Å². The van der Waals surface area contributed by atoms with Crippen LogP contribution in [0.4, 0.5) is 0 Å². The first kappa shape index (κ1) is 13.8.